The Hall–Kier alpha value is -0.410. The van der Waals surface area contributed by atoms with Gasteiger partial charge in [-0.25, -0.2) is 4.18 Å². The van der Waals surface area contributed by atoms with Crippen LogP contribution in [0.5, 0.6) is 0 Å². The molecule has 4 fully saturated rings. The average molecular weight is 581 g/mol. The van der Waals surface area contributed by atoms with Gasteiger partial charge < -0.3 is 35.7 Å². The summed E-state index contributed by atoms with van der Waals surface area (Å²) in [5.41, 5.74) is -3.96. The van der Waals surface area contributed by atoms with Gasteiger partial charge >= 0.3 is 10.4 Å². The van der Waals surface area contributed by atoms with Crippen LogP contribution >= 0.6 is 0 Å². The molecule has 12 heteroatoms. The minimum Gasteiger partial charge on any atom is -0.396 e. The van der Waals surface area contributed by atoms with E-state index in [2.05, 4.69) is 0 Å². The summed E-state index contributed by atoms with van der Waals surface area (Å²) in [4.78, 5) is 0. The molecule has 0 unspecified atom stereocenters. The maximum absolute atomic E-state index is 12.5. The van der Waals surface area contributed by atoms with Crippen LogP contribution in [0.4, 0.5) is 0 Å². The van der Waals surface area contributed by atoms with Crippen LogP contribution in [0.25, 0.3) is 0 Å². The molecular formula is C27H48O11S. The molecule has 0 aliphatic heterocycles. The van der Waals surface area contributed by atoms with Gasteiger partial charge in [0.15, 0.2) is 0 Å². The second-order valence-corrected chi connectivity index (χ2v) is 14.8. The molecular weight excluding hydrogens is 532 g/mol. The molecule has 15 atom stereocenters. The van der Waals surface area contributed by atoms with Crippen LogP contribution in [0, 0.1) is 46.3 Å². The first kappa shape index (κ1) is 31.5. The third-order valence-electron chi connectivity index (χ3n) is 11.5. The Labute approximate surface area is 231 Å². The van der Waals surface area contributed by atoms with Gasteiger partial charge in [0.05, 0.1) is 24.4 Å². The third kappa shape index (κ3) is 4.90. The molecule has 4 saturated carbocycles. The minimum absolute atomic E-state index is 0.0590. The van der Waals surface area contributed by atoms with Crippen molar-refractivity contribution < 1.29 is 52.9 Å². The maximum atomic E-state index is 12.5. The van der Waals surface area contributed by atoms with Gasteiger partial charge in [-0.1, -0.05) is 40.5 Å². The lowest BCUT2D eigenvalue weighted by Gasteiger charge is -2.68. The molecule has 0 aromatic carbocycles. The van der Waals surface area contributed by atoms with E-state index in [1.807, 2.05) is 20.8 Å². The zero-order valence-corrected chi connectivity index (χ0v) is 24.1. The highest BCUT2D eigenvalue weighted by Crippen LogP contribution is 2.70. The van der Waals surface area contributed by atoms with Crippen LogP contribution in [0.2, 0.25) is 0 Å². The van der Waals surface area contributed by atoms with Crippen molar-refractivity contribution in [2.45, 2.75) is 115 Å². The fourth-order valence-electron chi connectivity index (χ4n) is 9.83. The van der Waals surface area contributed by atoms with Crippen LogP contribution < -0.4 is 0 Å². The summed E-state index contributed by atoms with van der Waals surface area (Å²) < 4.78 is 38.3. The van der Waals surface area contributed by atoms with E-state index in [0.717, 1.165) is 19.3 Å². The van der Waals surface area contributed by atoms with Crippen molar-refractivity contribution in [2.24, 2.45) is 46.3 Å². The van der Waals surface area contributed by atoms with Gasteiger partial charge in [0, 0.05) is 18.4 Å². The lowest BCUT2D eigenvalue weighted by molar-refractivity contribution is -0.318. The van der Waals surface area contributed by atoms with E-state index in [0.29, 0.717) is 12.8 Å². The molecule has 0 spiro atoms. The fourth-order valence-corrected chi connectivity index (χ4v) is 10.3. The molecule has 0 radical (unpaired) electrons. The molecule has 0 amide bonds. The molecule has 0 aromatic rings. The van der Waals surface area contributed by atoms with Crippen LogP contribution in [-0.2, 0) is 14.6 Å². The van der Waals surface area contributed by atoms with Crippen molar-refractivity contribution in [1.82, 2.24) is 0 Å². The number of fused-ring (bicyclic) bond motifs is 5. The molecule has 39 heavy (non-hydrogen) atoms. The van der Waals surface area contributed by atoms with Crippen molar-refractivity contribution in [3.8, 4) is 0 Å². The van der Waals surface area contributed by atoms with Crippen LogP contribution in [0.3, 0.4) is 0 Å². The molecule has 228 valence electrons. The monoisotopic (exact) mass is 580 g/mol. The molecule has 0 saturated heterocycles. The highest BCUT2D eigenvalue weighted by molar-refractivity contribution is 7.80. The SMILES string of the molecule is C[C@H](CO)CCC[C@@H](C)[C@H]1[C@@H](O)[C@@H](O)[C@@H]2[C@]1(C)CC[C@@H]1[C@@]3(C)CC[C@H](O)[C@H](O)[C@@H]3[C@@H](OS(=O)(=O)O)[C@@H](O)[C@@]12O. The molecule has 8 N–H and O–H groups in total. The minimum atomic E-state index is -5.14. The van der Waals surface area contributed by atoms with Gasteiger partial charge in [0.1, 0.15) is 17.8 Å². The number of aliphatic hydroxyl groups is 7. The van der Waals surface area contributed by atoms with E-state index in [9.17, 15) is 48.7 Å². The Morgan fingerprint density at radius 1 is 0.923 bits per heavy atom. The number of aliphatic hydroxyl groups excluding tert-OH is 6. The van der Waals surface area contributed by atoms with Gasteiger partial charge in [0.25, 0.3) is 0 Å². The van der Waals surface area contributed by atoms with Crippen molar-refractivity contribution in [1.29, 1.82) is 0 Å². The zero-order chi connectivity index (χ0) is 29.3. The summed E-state index contributed by atoms with van der Waals surface area (Å²) in [5.74, 6) is -3.23. The first-order valence-electron chi connectivity index (χ1n) is 14.3. The average Bonchev–Trinajstić information content (AvgIpc) is 3.04. The molecule has 0 bridgehead atoms. The summed E-state index contributed by atoms with van der Waals surface area (Å²) in [7, 11) is -5.14. The summed E-state index contributed by atoms with van der Waals surface area (Å²) in [6.45, 7) is 7.69. The Morgan fingerprint density at radius 2 is 1.54 bits per heavy atom. The van der Waals surface area contributed by atoms with Gasteiger partial charge in [-0.2, -0.15) is 8.42 Å². The quantitative estimate of drug-likeness (QED) is 0.183. The normalized spacial score (nSPS) is 51.5. The van der Waals surface area contributed by atoms with Crippen LogP contribution in [0.1, 0.15) is 72.6 Å². The highest BCUT2D eigenvalue weighted by atomic mass is 32.3. The van der Waals surface area contributed by atoms with Gasteiger partial charge in [-0.3, -0.25) is 4.55 Å². The van der Waals surface area contributed by atoms with E-state index in [1.54, 1.807) is 6.92 Å². The van der Waals surface area contributed by atoms with Gasteiger partial charge in [-0.05, 0) is 66.6 Å². The van der Waals surface area contributed by atoms with E-state index in [-0.39, 0.29) is 31.3 Å². The predicted octanol–water partition coefficient (Wildman–Crippen LogP) is 0.237. The van der Waals surface area contributed by atoms with E-state index >= 15 is 0 Å². The summed E-state index contributed by atoms with van der Waals surface area (Å²) >= 11 is 0. The fraction of sp³-hybridized carbons (Fsp3) is 1.00. The van der Waals surface area contributed by atoms with Crippen LogP contribution in [0.15, 0.2) is 0 Å². The molecule has 0 aromatic heterocycles. The second-order valence-electron chi connectivity index (χ2n) is 13.7. The van der Waals surface area contributed by atoms with E-state index in [1.165, 1.54) is 0 Å². The Morgan fingerprint density at radius 3 is 2.13 bits per heavy atom. The molecule has 0 heterocycles. The summed E-state index contributed by atoms with van der Waals surface area (Å²) in [6.07, 6.45) is -5.37. The highest BCUT2D eigenvalue weighted by Gasteiger charge is 2.77. The Balaban J connectivity index is 1.75. The zero-order valence-electron chi connectivity index (χ0n) is 23.3. The maximum Gasteiger partial charge on any atom is 0.397 e. The third-order valence-corrected chi connectivity index (χ3v) is 12.0. The molecule has 4 aliphatic rings. The second kappa shape index (κ2) is 10.7. The first-order chi connectivity index (χ1) is 17.9. The molecule has 4 aliphatic carbocycles. The Bertz CT molecular complexity index is 994. The lowest BCUT2D eigenvalue weighted by Crippen LogP contribution is -2.77. The number of rotatable bonds is 8. The topological polar surface area (TPSA) is 205 Å². The number of hydrogen-bond donors (Lipinski definition) is 8. The summed E-state index contributed by atoms with van der Waals surface area (Å²) in [6, 6.07) is 0. The molecule has 4 rings (SSSR count). The van der Waals surface area contributed by atoms with Crippen molar-refractivity contribution >= 4 is 10.4 Å². The van der Waals surface area contributed by atoms with Crippen molar-refractivity contribution in [3.05, 3.63) is 0 Å². The standard InChI is InChI=1S/C27H48O11S/c1-13(12-28)6-5-7-14(2)17-20(31)21(32)23-26(17,4)11-9-16-25(3)10-8-15(29)19(30)18(25)22(38-39(35,36)37)24(33)27(16,23)34/h13-24,28-34H,5-12H2,1-4H3,(H,35,36,37)/t13-,14+,15-,16+,17-,18+,19-,20+,21+,22+,23+,24+,25+,26+,27+/m0/s1. The predicted molar refractivity (Wildman–Crippen MR) is 139 cm³/mol. The Kier molecular flexibility index (Phi) is 8.65. The van der Waals surface area contributed by atoms with Crippen molar-refractivity contribution in [3.63, 3.8) is 0 Å². The molecule has 11 nitrogen and oxygen atoms in total. The lowest BCUT2D eigenvalue weighted by atomic mass is 9.40. The largest absolute Gasteiger partial charge is 0.397 e. The first-order valence-corrected chi connectivity index (χ1v) is 15.7. The van der Waals surface area contributed by atoms with Gasteiger partial charge in [-0.15, -0.1) is 0 Å². The van der Waals surface area contributed by atoms with Crippen LogP contribution in [-0.4, -0.2) is 97.5 Å². The van der Waals surface area contributed by atoms with Gasteiger partial charge in [0.2, 0.25) is 0 Å². The summed E-state index contributed by atoms with van der Waals surface area (Å²) in [5, 5.41) is 77.9. The van der Waals surface area contributed by atoms with E-state index < -0.39 is 87.1 Å². The van der Waals surface area contributed by atoms with Crippen molar-refractivity contribution in [2.75, 3.05) is 6.61 Å². The number of hydrogen-bond acceptors (Lipinski definition) is 10. The smallest absolute Gasteiger partial charge is 0.396 e. The van der Waals surface area contributed by atoms with E-state index in [4.69, 9.17) is 4.18 Å².